The minimum Gasteiger partial charge on any atom is -0.396 e. The van der Waals surface area contributed by atoms with Gasteiger partial charge >= 0.3 is 0 Å². The zero-order valence-electron chi connectivity index (χ0n) is 11.3. The van der Waals surface area contributed by atoms with Gasteiger partial charge in [-0.1, -0.05) is 6.92 Å². The number of nitrogen functional groups attached to an aromatic ring is 1. The SMILES string of the molecule is CCSCCC(C)NS(=O)(=O)c1cc(N)c(F)cc1F. The monoisotopic (exact) mass is 324 g/mol. The van der Waals surface area contributed by atoms with E-state index in [2.05, 4.69) is 4.72 Å². The fraction of sp³-hybridized carbons (Fsp3) is 0.500. The highest BCUT2D eigenvalue weighted by Gasteiger charge is 2.23. The first-order valence-corrected chi connectivity index (χ1v) is 8.76. The predicted octanol–water partition coefficient (Wildman–Crippen LogP) is 2.36. The molecule has 4 nitrogen and oxygen atoms in total. The molecule has 0 aliphatic rings. The number of nitrogens with one attached hydrogen (secondary N) is 1. The molecule has 0 bridgehead atoms. The number of nitrogens with two attached hydrogens (primary N) is 1. The predicted molar refractivity (Wildman–Crippen MR) is 78.2 cm³/mol. The van der Waals surface area contributed by atoms with E-state index in [9.17, 15) is 17.2 Å². The van der Waals surface area contributed by atoms with E-state index < -0.39 is 32.2 Å². The maximum Gasteiger partial charge on any atom is 0.243 e. The lowest BCUT2D eigenvalue weighted by Gasteiger charge is -2.14. The van der Waals surface area contributed by atoms with Crippen molar-refractivity contribution in [1.29, 1.82) is 0 Å². The molecule has 0 aromatic heterocycles. The summed E-state index contributed by atoms with van der Waals surface area (Å²) in [5.41, 5.74) is 4.88. The lowest BCUT2D eigenvalue weighted by Crippen LogP contribution is -2.33. The Morgan fingerprint density at radius 2 is 2.00 bits per heavy atom. The molecule has 1 aromatic carbocycles. The molecule has 0 saturated heterocycles. The van der Waals surface area contributed by atoms with Crippen molar-refractivity contribution in [2.75, 3.05) is 17.2 Å². The largest absolute Gasteiger partial charge is 0.396 e. The quantitative estimate of drug-likeness (QED) is 0.596. The Balaban J connectivity index is 2.86. The number of rotatable bonds is 7. The van der Waals surface area contributed by atoms with Gasteiger partial charge in [0.2, 0.25) is 10.0 Å². The summed E-state index contributed by atoms with van der Waals surface area (Å²) in [6, 6.07) is 0.923. The second-order valence-corrected chi connectivity index (χ2v) is 7.39. The Hall–Kier alpha value is -0.860. The van der Waals surface area contributed by atoms with Crippen molar-refractivity contribution in [2.45, 2.75) is 31.2 Å². The lowest BCUT2D eigenvalue weighted by molar-refractivity contribution is 0.533. The zero-order chi connectivity index (χ0) is 15.3. The van der Waals surface area contributed by atoms with Crippen LogP contribution in [0.5, 0.6) is 0 Å². The minimum atomic E-state index is -4.05. The molecule has 8 heteroatoms. The molecular formula is C12H18F2N2O2S2. The summed E-state index contributed by atoms with van der Waals surface area (Å²) in [4.78, 5) is -0.633. The van der Waals surface area contributed by atoms with Gasteiger partial charge in [-0.25, -0.2) is 21.9 Å². The Morgan fingerprint density at radius 3 is 2.60 bits per heavy atom. The summed E-state index contributed by atoms with van der Waals surface area (Å²) >= 11 is 1.69. The van der Waals surface area contributed by atoms with Crippen LogP contribution in [0.2, 0.25) is 0 Å². The summed E-state index contributed by atoms with van der Waals surface area (Å²) in [6.45, 7) is 3.70. The molecule has 1 unspecified atom stereocenters. The van der Waals surface area contributed by atoms with Crippen LogP contribution in [0.1, 0.15) is 20.3 Å². The highest BCUT2D eigenvalue weighted by molar-refractivity contribution is 7.99. The number of benzene rings is 1. The van der Waals surface area contributed by atoms with Crippen LogP contribution in [0, 0.1) is 11.6 Å². The van der Waals surface area contributed by atoms with Crippen molar-refractivity contribution >= 4 is 27.5 Å². The van der Waals surface area contributed by atoms with Gasteiger partial charge in [0.1, 0.15) is 16.5 Å². The number of anilines is 1. The Morgan fingerprint density at radius 1 is 1.35 bits per heavy atom. The molecule has 1 rings (SSSR count). The molecule has 1 aromatic rings. The van der Waals surface area contributed by atoms with Crippen molar-refractivity contribution in [3.05, 3.63) is 23.8 Å². The van der Waals surface area contributed by atoms with E-state index >= 15 is 0 Å². The average Bonchev–Trinajstić information content (AvgIpc) is 2.33. The summed E-state index contributed by atoms with van der Waals surface area (Å²) in [6.07, 6.45) is 0.621. The molecule has 1 atom stereocenters. The summed E-state index contributed by atoms with van der Waals surface area (Å²) in [5, 5.41) is 0. The van der Waals surface area contributed by atoms with Gasteiger partial charge in [-0.3, -0.25) is 0 Å². The second kappa shape index (κ2) is 7.24. The fourth-order valence-electron chi connectivity index (χ4n) is 1.54. The van der Waals surface area contributed by atoms with Gasteiger partial charge in [-0.2, -0.15) is 11.8 Å². The highest BCUT2D eigenvalue weighted by atomic mass is 32.2. The minimum absolute atomic E-state index is 0.343. The molecule has 0 saturated carbocycles. The van der Waals surface area contributed by atoms with Crippen LogP contribution in [-0.2, 0) is 10.0 Å². The molecule has 0 fully saturated rings. The standard InChI is InChI=1S/C12H18F2N2O2S2/c1-3-19-5-4-8(2)16-20(17,18)12-7-11(15)9(13)6-10(12)14/h6-8,16H,3-5,15H2,1-2H3. The van der Waals surface area contributed by atoms with Gasteiger partial charge < -0.3 is 5.73 Å². The topological polar surface area (TPSA) is 72.2 Å². The first-order valence-electron chi connectivity index (χ1n) is 6.12. The third-order valence-electron chi connectivity index (χ3n) is 2.60. The molecule has 0 heterocycles. The second-order valence-electron chi connectivity index (χ2n) is 4.31. The van der Waals surface area contributed by atoms with Gasteiger partial charge in [0.05, 0.1) is 5.69 Å². The van der Waals surface area contributed by atoms with Crippen LogP contribution in [0.25, 0.3) is 0 Å². The van der Waals surface area contributed by atoms with Crippen molar-refractivity contribution in [3.8, 4) is 0 Å². The fourth-order valence-corrected chi connectivity index (χ4v) is 3.72. The molecule has 114 valence electrons. The lowest BCUT2D eigenvalue weighted by atomic mass is 10.3. The first-order chi connectivity index (χ1) is 9.27. The Labute approximate surface area is 122 Å². The first kappa shape index (κ1) is 17.2. The van der Waals surface area contributed by atoms with Crippen LogP contribution in [0.15, 0.2) is 17.0 Å². The van der Waals surface area contributed by atoms with Crippen LogP contribution in [0.4, 0.5) is 14.5 Å². The van der Waals surface area contributed by atoms with E-state index in [0.717, 1.165) is 17.6 Å². The number of halogens is 2. The maximum absolute atomic E-state index is 13.6. The van der Waals surface area contributed by atoms with Gasteiger partial charge in [-0.15, -0.1) is 0 Å². The normalized spacial score (nSPS) is 13.4. The van der Waals surface area contributed by atoms with E-state index in [1.54, 1.807) is 18.7 Å². The third-order valence-corrected chi connectivity index (χ3v) is 5.13. The number of hydrogen-bond acceptors (Lipinski definition) is 4. The van der Waals surface area contributed by atoms with Crippen LogP contribution in [0.3, 0.4) is 0 Å². The Kier molecular flexibility index (Phi) is 6.22. The molecule has 0 amide bonds. The molecule has 0 aliphatic carbocycles. The van der Waals surface area contributed by atoms with Crippen molar-refractivity contribution in [2.24, 2.45) is 0 Å². The van der Waals surface area contributed by atoms with E-state index in [1.807, 2.05) is 6.92 Å². The van der Waals surface area contributed by atoms with Gasteiger partial charge in [0.25, 0.3) is 0 Å². The number of sulfonamides is 1. The summed E-state index contributed by atoms with van der Waals surface area (Å²) in [5.74, 6) is -0.384. The molecule has 0 aliphatic heterocycles. The van der Waals surface area contributed by atoms with Gasteiger partial charge in [-0.05, 0) is 30.9 Å². The summed E-state index contributed by atoms with van der Waals surface area (Å²) < 4.78 is 53.0. The Bertz CT molecular complexity index is 565. The van der Waals surface area contributed by atoms with Crippen molar-refractivity contribution < 1.29 is 17.2 Å². The zero-order valence-corrected chi connectivity index (χ0v) is 13.0. The van der Waals surface area contributed by atoms with E-state index in [0.29, 0.717) is 12.5 Å². The van der Waals surface area contributed by atoms with Crippen molar-refractivity contribution in [1.82, 2.24) is 4.72 Å². The molecule has 0 radical (unpaired) electrons. The molecule has 3 N–H and O–H groups in total. The van der Waals surface area contributed by atoms with Gasteiger partial charge in [0.15, 0.2) is 0 Å². The van der Waals surface area contributed by atoms with Crippen LogP contribution in [-0.4, -0.2) is 26.0 Å². The van der Waals surface area contributed by atoms with E-state index in [1.165, 1.54) is 0 Å². The van der Waals surface area contributed by atoms with Gasteiger partial charge in [0, 0.05) is 12.1 Å². The van der Waals surface area contributed by atoms with Crippen LogP contribution >= 0.6 is 11.8 Å². The maximum atomic E-state index is 13.6. The summed E-state index contributed by atoms with van der Waals surface area (Å²) in [7, 11) is -4.05. The molecular weight excluding hydrogens is 306 g/mol. The van der Waals surface area contributed by atoms with Crippen LogP contribution < -0.4 is 10.5 Å². The smallest absolute Gasteiger partial charge is 0.243 e. The number of thioether (sulfide) groups is 1. The molecule has 0 spiro atoms. The average molecular weight is 324 g/mol. The van der Waals surface area contributed by atoms with E-state index in [-0.39, 0.29) is 6.04 Å². The third kappa shape index (κ3) is 4.60. The highest BCUT2D eigenvalue weighted by Crippen LogP contribution is 2.21. The number of hydrogen-bond donors (Lipinski definition) is 2. The van der Waals surface area contributed by atoms with E-state index in [4.69, 9.17) is 5.73 Å². The van der Waals surface area contributed by atoms with Crippen molar-refractivity contribution in [3.63, 3.8) is 0 Å². The molecule has 20 heavy (non-hydrogen) atoms.